The number of nitrogens with one attached hydrogen (secondary N) is 2. The maximum absolute atomic E-state index is 13.8. The second kappa shape index (κ2) is 18.4. The highest BCUT2D eigenvalue weighted by molar-refractivity contribution is 5.94. The molecule has 2 amide bonds. The Bertz CT molecular complexity index is 1050. The zero-order valence-electron chi connectivity index (χ0n) is 26.2. The van der Waals surface area contributed by atoms with Crippen LogP contribution in [0, 0.1) is 12.7 Å². The van der Waals surface area contributed by atoms with E-state index in [2.05, 4.69) is 55.4 Å². The van der Waals surface area contributed by atoms with Crippen molar-refractivity contribution in [3.63, 3.8) is 0 Å². The van der Waals surface area contributed by atoms with E-state index in [9.17, 15) is 14.0 Å². The normalized spacial score (nSPS) is 14.6. The Hall–Kier alpha value is -2.93. The molecule has 0 aliphatic carbocycles. The molecule has 2 aromatic rings. The van der Waals surface area contributed by atoms with Gasteiger partial charge in [-0.2, -0.15) is 0 Å². The zero-order chi connectivity index (χ0) is 30.2. The van der Waals surface area contributed by atoms with Crippen molar-refractivity contribution in [3.8, 4) is 5.75 Å². The van der Waals surface area contributed by atoms with Gasteiger partial charge in [0.05, 0.1) is 7.11 Å². The summed E-state index contributed by atoms with van der Waals surface area (Å²) in [5.74, 6) is 0.694. The highest BCUT2D eigenvalue weighted by Gasteiger charge is 2.22. The van der Waals surface area contributed by atoms with Crippen LogP contribution < -0.4 is 15.4 Å². The van der Waals surface area contributed by atoms with E-state index in [1.54, 1.807) is 19.2 Å². The molecule has 0 radical (unpaired) electrons. The Kier molecular flexibility index (Phi) is 16.2. The molecule has 2 unspecified atom stereocenters. The molecule has 0 spiro atoms. The first-order valence-corrected chi connectivity index (χ1v) is 14.8. The van der Waals surface area contributed by atoms with Gasteiger partial charge in [-0.25, -0.2) is 4.39 Å². The first-order chi connectivity index (χ1) is 19.1. The first kappa shape index (κ1) is 35.1. The van der Waals surface area contributed by atoms with E-state index in [4.69, 9.17) is 4.74 Å². The number of rotatable bonds is 11. The number of methoxy groups -OCH3 is 1. The minimum absolute atomic E-state index is 0.00297. The Morgan fingerprint density at radius 2 is 1.80 bits per heavy atom. The number of aryl methyl sites for hydroxylation is 2. The van der Waals surface area contributed by atoms with Crippen LogP contribution >= 0.6 is 0 Å². The van der Waals surface area contributed by atoms with Gasteiger partial charge in [-0.15, -0.1) is 0 Å². The fourth-order valence-electron chi connectivity index (χ4n) is 4.80. The fourth-order valence-corrected chi connectivity index (χ4v) is 4.80. The van der Waals surface area contributed by atoms with Crippen molar-refractivity contribution in [2.24, 2.45) is 0 Å². The molecule has 0 bridgehead atoms. The van der Waals surface area contributed by atoms with Crippen LogP contribution in [0.2, 0.25) is 0 Å². The summed E-state index contributed by atoms with van der Waals surface area (Å²) in [6.07, 6.45) is 4.20. The summed E-state index contributed by atoms with van der Waals surface area (Å²) in [7, 11) is 1.69. The van der Waals surface area contributed by atoms with Crippen LogP contribution in [0.15, 0.2) is 36.4 Å². The average molecular weight is 558 g/mol. The number of carbonyl (C=O) groups is 2. The molecule has 2 aromatic carbocycles. The third-order valence-corrected chi connectivity index (χ3v) is 7.21. The van der Waals surface area contributed by atoms with Gasteiger partial charge in [0.15, 0.2) is 0 Å². The van der Waals surface area contributed by atoms with Gasteiger partial charge < -0.3 is 15.4 Å². The summed E-state index contributed by atoms with van der Waals surface area (Å²) >= 11 is 0. The standard InChI is InChI=1S/C27H39FN2O2.C4H7NO.C2H6/c1-8-20(5)30(17-22-10-13-26(32-7)18(3)14-22)21(6)15-19(4)29-27(31)24-11-12-25(28)23(9-2)16-24;6-4-2-1-3-5-4;1-2/h10-14,16,19-21H,8-9,15,17H2,1-7H3,(H,29,31);1-3H2,(H,5,6);1-2H3/t19?,20-,21?;;/m0../s1. The second-order valence-electron chi connectivity index (χ2n) is 10.3. The van der Waals surface area contributed by atoms with Crippen LogP contribution in [0.1, 0.15) is 101 Å². The van der Waals surface area contributed by atoms with E-state index in [0.29, 0.717) is 23.6 Å². The molecule has 1 aliphatic rings. The van der Waals surface area contributed by atoms with Crippen molar-refractivity contribution in [1.82, 2.24) is 15.5 Å². The van der Waals surface area contributed by atoms with Gasteiger partial charge in [0.2, 0.25) is 5.91 Å². The van der Waals surface area contributed by atoms with E-state index in [1.165, 1.54) is 11.6 Å². The molecule has 1 saturated heterocycles. The molecule has 0 saturated carbocycles. The van der Waals surface area contributed by atoms with Crippen molar-refractivity contribution < 1.29 is 18.7 Å². The van der Waals surface area contributed by atoms with Crippen molar-refractivity contribution in [2.45, 2.75) is 112 Å². The molecular formula is C33H52FN3O3. The molecule has 7 heteroatoms. The molecule has 1 aliphatic heterocycles. The highest BCUT2D eigenvalue weighted by Crippen LogP contribution is 2.23. The maximum atomic E-state index is 13.8. The summed E-state index contributed by atoms with van der Waals surface area (Å²) in [5, 5.41) is 5.77. The van der Waals surface area contributed by atoms with Gasteiger partial charge in [0.25, 0.3) is 5.91 Å². The molecule has 224 valence electrons. The number of benzene rings is 2. The number of hydrogen-bond acceptors (Lipinski definition) is 4. The lowest BCUT2D eigenvalue weighted by atomic mass is 10.0. The lowest BCUT2D eigenvalue weighted by Gasteiger charge is -2.36. The van der Waals surface area contributed by atoms with Crippen molar-refractivity contribution >= 4 is 11.8 Å². The summed E-state index contributed by atoms with van der Waals surface area (Å²) in [6, 6.07) is 11.6. The zero-order valence-corrected chi connectivity index (χ0v) is 26.2. The van der Waals surface area contributed by atoms with Gasteiger partial charge in [0, 0.05) is 43.2 Å². The molecule has 40 heavy (non-hydrogen) atoms. The van der Waals surface area contributed by atoms with Gasteiger partial charge in [-0.05, 0) is 94.3 Å². The smallest absolute Gasteiger partial charge is 0.251 e. The topological polar surface area (TPSA) is 70.7 Å². The summed E-state index contributed by atoms with van der Waals surface area (Å²) < 4.78 is 19.2. The Morgan fingerprint density at radius 3 is 2.30 bits per heavy atom. The third-order valence-electron chi connectivity index (χ3n) is 7.21. The van der Waals surface area contributed by atoms with Crippen LogP contribution in [0.5, 0.6) is 5.75 Å². The van der Waals surface area contributed by atoms with Gasteiger partial charge in [-0.1, -0.05) is 39.8 Å². The van der Waals surface area contributed by atoms with E-state index >= 15 is 0 Å². The summed E-state index contributed by atoms with van der Waals surface area (Å²) in [6.45, 7) is 18.4. The van der Waals surface area contributed by atoms with Crippen molar-refractivity contribution in [1.29, 1.82) is 0 Å². The minimum atomic E-state index is -0.260. The molecule has 3 atom stereocenters. The number of halogens is 1. The summed E-state index contributed by atoms with van der Waals surface area (Å²) in [5.41, 5.74) is 3.46. The number of hydrogen-bond donors (Lipinski definition) is 2. The highest BCUT2D eigenvalue weighted by atomic mass is 19.1. The lowest BCUT2D eigenvalue weighted by Crippen LogP contribution is -2.44. The molecule has 2 N–H and O–H groups in total. The van der Waals surface area contributed by atoms with Crippen LogP contribution in [-0.2, 0) is 17.8 Å². The molecule has 3 rings (SSSR count). The molecular weight excluding hydrogens is 505 g/mol. The Labute approximate surface area is 242 Å². The van der Waals surface area contributed by atoms with Crippen molar-refractivity contribution in [2.75, 3.05) is 13.7 Å². The SMILES string of the molecule is CC.CCc1cc(C(=O)NC(C)CC(C)N(Cc2ccc(OC)c(C)c2)[C@@H](C)CC)ccc1F.O=C1CCCN1. The number of ether oxygens (including phenoxy) is 1. The minimum Gasteiger partial charge on any atom is -0.496 e. The number of amides is 2. The van der Waals surface area contributed by atoms with E-state index in [1.807, 2.05) is 33.8 Å². The molecule has 1 fully saturated rings. The number of carbonyl (C=O) groups excluding carboxylic acids is 2. The van der Waals surface area contributed by atoms with Crippen LogP contribution in [0.3, 0.4) is 0 Å². The quantitative estimate of drug-likeness (QED) is 0.318. The first-order valence-electron chi connectivity index (χ1n) is 14.8. The summed E-state index contributed by atoms with van der Waals surface area (Å²) in [4.78, 5) is 25.3. The van der Waals surface area contributed by atoms with E-state index < -0.39 is 0 Å². The van der Waals surface area contributed by atoms with Gasteiger partial charge in [0.1, 0.15) is 11.6 Å². The predicted molar refractivity (Wildman–Crippen MR) is 163 cm³/mol. The largest absolute Gasteiger partial charge is 0.496 e. The van der Waals surface area contributed by atoms with E-state index in [-0.39, 0.29) is 29.7 Å². The second-order valence-corrected chi connectivity index (χ2v) is 10.3. The Morgan fingerprint density at radius 1 is 1.10 bits per heavy atom. The van der Waals surface area contributed by atoms with Gasteiger partial charge >= 0.3 is 0 Å². The molecule has 0 aromatic heterocycles. The predicted octanol–water partition coefficient (Wildman–Crippen LogP) is 6.83. The molecule has 1 heterocycles. The van der Waals surface area contributed by atoms with E-state index in [0.717, 1.165) is 50.1 Å². The van der Waals surface area contributed by atoms with Crippen LogP contribution in [0.4, 0.5) is 4.39 Å². The third kappa shape index (κ3) is 11.3. The monoisotopic (exact) mass is 557 g/mol. The Balaban J connectivity index is 0.000000866. The molecule has 6 nitrogen and oxygen atoms in total. The van der Waals surface area contributed by atoms with Crippen LogP contribution in [-0.4, -0.2) is 48.5 Å². The fraction of sp³-hybridized carbons (Fsp3) is 0.576. The lowest BCUT2D eigenvalue weighted by molar-refractivity contribution is -0.119. The van der Waals surface area contributed by atoms with Crippen molar-refractivity contribution in [3.05, 3.63) is 64.5 Å². The average Bonchev–Trinajstić information content (AvgIpc) is 3.43. The van der Waals surface area contributed by atoms with Crippen LogP contribution in [0.25, 0.3) is 0 Å². The number of nitrogens with zero attached hydrogens (tertiary/aromatic N) is 1. The maximum Gasteiger partial charge on any atom is 0.251 e. The van der Waals surface area contributed by atoms with Gasteiger partial charge in [-0.3, -0.25) is 14.5 Å².